The summed E-state index contributed by atoms with van der Waals surface area (Å²) in [7, 11) is -3.73. The van der Waals surface area contributed by atoms with Crippen molar-refractivity contribution in [2.24, 2.45) is 0 Å². The summed E-state index contributed by atoms with van der Waals surface area (Å²) in [6.07, 6.45) is -0.819. The van der Waals surface area contributed by atoms with E-state index in [1.165, 1.54) is 12.1 Å². The van der Waals surface area contributed by atoms with Gasteiger partial charge in [0, 0.05) is 42.5 Å². The number of carboxylic acids is 2. The van der Waals surface area contributed by atoms with Crippen molar-refractivity contribution in [3.63, 3.8) is 0 Å². The van der Waals surface area contributed by atoms with Gasteiger partial charge in [0.1, 0.15) is 0 Å². The second kappa shape index (κ2) is 16.4. The monoisotopic (exact) mass is 690 g/mol. The van der Waals surface area contributed by atoms with Crippen molar-refractivity contribution >= 4 is 27.6 Å². The Morgan fingerprint density at radius 1 is 0.958 bits per heavy atom. The van der Waals surface area contributed by atoms with Crippen molar-refractivity contribution in [1.82, 2.24) is 14.9 Å². The van der Waals surface area contributed by atoms with Crippen LogP contribution in [-0.4, -0.2) is 63.5 Å². The average molecular weight is 691 g/mol. The highest BCUT2D eigenvalue weighted by Gasteiger charge is 2.38. The minimum Gasteiger partial charge on any atom is -0.481 e. The van der Waals surface area contributed by atoms with Gasteiger partial charge in [0.25, 0.3) is 10.0 Å². The first-order valence-corrected chi connectivity index (χ1v) is 16.2. The van der Waals surface area contributed by atoms with Gasteiger partial charge in [-0.05, 0) is 68.1 Å². The first-order valence-electron chi connectivity index (χ1n) is 14.7. The van der Waals surface area contributed by atoms with Gasteiger partial charge >= 0.3 is 18.1 Å². The number of nitrogens with zero attached hydrogens (tertiary/aromatic N) is 2. The predicted octanol–water partition coefficient (Wildman–Crippen LogP) is 5.49. The fourth-order valence-electron chi connectivity index (χ4n) is 4.38. The summed E-state index contributed by atoms with van der Waals surface area (Å²) in [5.41, 5.74) is 3.42. The number of halogens is 3. The molecule has 0 aliphatic rings. The Balaban J connectivity index is 0.000000804. The van der Waals surface area contributed by atoms with Gasteiger partial charge in [-0.2, -0.15) is 13.2 Å². The molecule has 258 valence electrons. The zero-order valence-corrected chi connectivity index (χ0v) is 27.0. The molecule has 48 heavy (non-hydrogen) atoms. The Morgan fingerprint density at radius 2 is 1.62 bits per heavy atom. The molecular formula is C33H37F3N4O7S. The smallest absolute Gasteiger partial charge is 0.481 e. The molecule has 0 amide bonds. The van der Waals surface area contributed by atoms with Crippen molar-refractivity contribution < 1.29 is 46.5 Å². The third kappa shape index (κ3) is 12.1. The van der Waals surface area contributed by atoms with Crippen molar-refractivity contribution in [1.29, 1.82) is 0 Å². The van der Waals surface area contributed by atoms with E-state index in [0.29, 0.717) is 30.8 Å². The number of aliphatic carboxylic acids is 2. The fraction of sp³-hybridized carbons (Fsp3) is 0.303. The van der Waals surface area contributed by atoms with Gasteiger partial charge in [0.15, 0.2) is 0 Å². The molecule has 1 unspecified atom stereocenters. The molecule has 0 radical (unpaired) electrons. The highest BCUT2D eigenvalue weighted by Crippen LogP contribution is 2.23. The number of aliphatic hydroxyl groups is 1. The molecule has 0 aliphatic carbocycles. The lowest BCUT2D eigenvalue weighted by Gasteiger charge is -2.28. The maximum Gasteiger partial charge on any atom is 0.490 e. The largest absolute Gasteiger partial charge is 0.490 e. The lowest BCUT2D eigenvalue weighted by molar-refractivity contribution is -0.192. The van der Waals surface area contributed by atoms with Crippen LogP contribution in [0.2, 0.25) is 0 Å². The van der Waals surface area contributed by atoms with Crippen LogP contribution in [0.25, 0.3) is 11.3 Å². The third-order valence-corrected chi connectivity index (χ3v) is 8.47. The van der Waals surface area contributed by atoms with E-state index in [1.807, 2.05) is 35.0 Å². The van der Waals surface area contributed by atoms with Crippen LogP contribution in [0.5, 0.6) is 0 Å². The van der Waals surface area contributed by atoms with Crippen molar-refractivity contribution in [3.8, 4) is 11.3 Å². The van der Waals surface area contributed by atoms with Crippen molar-refractivity contribution in [2.45, 2.75) is 62.4 Å². The highest BCUT2D eigenvalue weighted by atomic mass is 32.2. The molecule has 0 bridgehead atoms. The zero-order valence-electron chi connectivity index (χ0n) is 26.2. The number of imidazole rings is 1. The first kappa shape index (κ1) is 37.7. The number of β-amino-alcohol motifs (C(OH)–C–C–N with tert-alkyl or cyclic N) is 1. The lowest BCUT2D eigenvalue weighted by Crippen LogP contribution is -2.42. The number of rotatable bonds is 14. The number of carbonyl (C=O) groups is 2. The van der Waals surface area contributed by atoms with Crippen LogP contribution in [-0.2, 0) is 32.6 Å². The first-order chi connectivity index (χ1) is 22.4. The van der Waals surface area contributed by atoms with E-state index in [2.05, 4.69) is 28.9 Å². The number of aliphatic hydroxyl groups excluding tert-OH is 1. The number of sulfonamides is 1. The standard InChI is InChI=1S/C31H36N4O5S.C2HF3O2/c1-31(2,16-17-35-21-28(32-22-35)24-9-6-8-23(18-24)14-15-30(37)38)33-20-29(36)25-10-7-11-26(19-25)34-41(39,40)27-12-4-3-5-13-27;3-2(4,5)1(6)7/h3-13,18-19,21-22,29,33-34,36H,14-17,20H2,1-2H3,(H,37,38);(H,6,7). The van der Waals surface area contributed by atoms with Gasteiger partial charge in [-0.25, -0.2) is 18.2 Å². The Bertz CT molecular complexity index is 1780. The third-order valence-electron chi connectivity index (χ3n) is 7.07. The number of hydrogen-bond acceptors (Lipinski definition) is 7. The molecule has 0 saturated carbocycles. The second-order valence-electron chi connectivity index (χ2n) is 11.5. The molecule has 1 aromatic heterocycles. The van der Waals surface area contributed by atoms with Crippen LogP contribution < -0.4 is 10.0 Å². The van der Waals surface area contributed by atoms with Gasteiger partial charge < -0.3 is 25.2 Å². The Labute approximate surface area is 276 Å². The number of hydrogen-bond donors (Lipinski definition) is 5. The number of benzene rings is 3. The van der Waals surface area contributed by atoms with Gasteiger partial charge in [0.05, 0.1) is 23.0 Å². The average Bonchev–Trinajstić information content (AvgIpc) is 3.52. The molecule has 0 aliphatic heterocycles. The highest BCUT2D eigenvalue weighted by molar-refractivity contribution is 7.92. The van der Waals surface area contributed by atoms with E-state index in [9.17, 15) is 31.5 Å². The van der Waals surface area contributed by atoms with E-state index in [0.717, 1.165) is 23.2 Å². The number of aryl methyl sites for hydroxylation is 2. The number of nitrogens with one attached hydrogen (secondary N) is 2. The Morgan fingerprint density at radius 3 is 2.27 bits per heavy atom. The maximum atomic E-state index is 12.7. The minimum atomic E-state index is -5.08. The van der Waals surface area contributed by atoms with E-state index in [-0.39, 0.29) is 16.9 Å². The number of alkyl halides is 3. The summed E-state index contributed by atoms with van der Waals surface area (Å²) in [6.45, 7) is 5.13. The van der Waals surface area contributed by atoms with Crippen LogP contribution in [0.3, 0.4) is 0 Å². The van der Waals surface area contributed by atoms with Crippen molar-refractivity contribution in [3.05, 3.63) is 103 Å². The summed E-state index contributed by atoms with van der Waals surface area (Å²) in [4.78, 5) is 24.5. The number of anilines is 1. The molecule has 3 aromatic carbocycles. The number of carboxylic acid groups (broad SMARTS) is 2. The molecule has 1 atom stereocenters. The molecule has 15 heteroatoms. The molecule has 5 N–H and O–H groups in total. The molecule has 0 saturated heterocycles. The second-order valence-corrected chi connectivity index (χ2v) is 13.2. The predicted molar refractivity (Wildman–Crippen MR) is 173 cm³/mol. The van der Waals surface area contributed by atoms with Crippen LogP contribution in [0.15, 0.2) is 96.3 Å². The van der Waals surface area contributed by atoms with Gasteiger partial charge in [-0.1, -0.05) is 48.5 Å². The molecule has 4 aromatic rings. The molecule has 11 nitrogen and oxygen atoms in total. The SMILES string of the molecule is CC(C)(CCn1cnc(-c2cccc(CCC(=O)O)c2)c1)NCC(O)c1cccc(NS(=O)(=O)c2ccccc2)c1.O=C(O)C(F)(F)F. The van der Waals surface area contributed by atoms with E-state index in [4.69, 9.17) is 15.0 Å². The van der Waals surface area contributed by atoms with Crippen molar-refractivity contribution in [2.75, 3.05) is 11.3 Å². The summed E-state index contributed by atoms with van der Waals surface area (Å²) in [5.74, 6) is -3.57. The lowest BCUT2D eigenvalue weighted by atomic mass is 9.99. The normalized spacial score (nSPS) is 12.5. The van der Waals surface area contributed by atoms with E-state index in [1.54, 1.807) is 48.8 Å². The van der Waals surface area contributed by atoms with Gasteiger partial charge in [-0.3, -0.25) is 9.52 Å². The molecule has 0 spiro atoms. The molecular weight excluding hydrogens is 653 g/mol. The molecule has 4 rings (SSSR count). The van der Waals surface area contributed by atoms with Crippen LogP contribution >= 0.6 is 0 Å². The summed E-state index contributed by atoms with van der Waals surface area (Å²) in [6, 6.07) is 22.7. The minimum absolute atomic E-state index is 0.0904. The summed E-state index contributed by atoms with van der Waals surface area (Å²) >= 11 is 0. The van der Waals surface area contributed by atoms with Crippen LogP contribution in [0, 0.1) is 0 Å². The Hall–Kier alpha value is -4.73. The summed E-state index contributed by atoms with van der Waals surface area (Å²) < 4.78 is 61.7. The summed E-state index contributed by atoms with van der Waals surface area (Å²) in [5, 5.41) is 30.3. The van der Waals surface area contributed by atoms with E-state index >= 15 is 0 Å². The Kier molecular flexibility index (Phi) is 12.9. The number of aromatic nitrogens is 2. The van der Waals surface area contributed by atoms with Crippen LogP contribution in [0.4, 0.5) is 18.9 Å². The van der Waals surface area contributed by atoms with Gasteiger partial charge in [0.2, 0.25) is 0 Å². The molecule has 0 fully saturated rings. The van der Waals surface area contributed by atoms with E-state index < -0.39 is 34.2 Å². The quantitative estimate of drug-likeness (QED) is 0.115. The fourth-order valence-corrected chi connectivity index (χ4v) is 5.45. The van der Waals surface area contributed by atoms with Crippen LogP contribution in [0.1, 0.15) is 43.9 Å². The van der Waals surface area contributed by atoms with Gasteiger partial charge in [-0.15, -0.1) is 0 Å². The topological polar surface area (TPSA) is 171 Å². The molecule has 1 heterocycles. The zero-order chi connectivity index (χ0) is 35.5. The maximum absolute atomic E-state index is 12.7.